The Labute approximate surface area is 106 Å². The number of rotatable bonds is 5. The lowest BCUT2D eigenvalue weighted by Crippen LogP contribution is -2.07. The third kappa shape index (κ3) is 2.70. The lowest BCUT2D eigenvalue weighted by molar-refractivity contribution is 0.493. The predicted molar refractivity (Wildman–Crippen MR) is 67.3 cm³/mol. The summed E-state index contributed by atoms with van der Waals surface area (Å²) in [6.45, 7) is 6.38. The van der Waals surface area contributed by atoms with Crippen LogP contribution in [-0.2, 0) is 6.42 Å². The van der Waals surface area contributed by atoms with E-state index in [-0.39, 0.29) is 6.04 Å². The average molecular weight is 250 g/mol. The van der Waals surface area contributed by atoms with Gasteiger partial charge in [-0.25, -0.2) is 0 Å². The molecule has 0 spiro atoms. The molecule has 0 aliphatic carbocycles. The molecule has 0 bridgehead atoms. The van der Waals surface area contributed by atoms with Gasteiger partial charge in [-0.15, -0.1) is 5.10 Å². The fourth-order valence-electron chi connectivity index (χ4n) is 1.88. The molecular weight excluding hydrogens is 232 g/mol. The SMILES string of the molecule is Cc1cc(C(C)Nc2nnc(CCN)o2)c(C)o1. The second-order valence-corrected chi connectivity index (χ2v) is 4.27. The Bertz CT molecular complexity index is 518. The minimum absolute atomic E-state index is 0.0497. The van der Waals surface area contributed by atoms with Gasteiger partial charge >= 0.3 is 6.01 Å². The molecule has 6 heteroatoms. The number of furan rings is 1. The van der Waals surface area contributed by atoms with E-state index in [1.54, 1.807) is 0 Å². The molecule has 0 aromatic carbocycles. The largest absolute Gasteiger partial charge is 0.466 e. The summed E-state index contributed by atoms with van der Waals surface area (Å²) in [5.74, 6) is 2.34. The van der Waals surface area contributed by atoms with E-state index in [9.17, 15) is 0 Å². The number of hydrogen-bond acceptors (Lipinski definition) is 6. The quantitative estimate of drug-likeness (QED) is 0.843. The van der Waals surface area contributed by atoms with Gasteiger partial charge in [-0.05, 0) is 26.8 Å². The van der Waals surface area contributed by atoms with Gasteiger partial charge in [0.15, 0.2) is 0 Å². The van der Waals surface area contributed by atoms with E-state index in [2.05, 4.69) is 15.5 Å². The number of hydrogen-bond donors (Lipinski definition) is 2. The highest BCUT2D eigenvalue weighted by Crippen LogP contribution is 2.24. The number of nitrogens with zero attached hydrogens (tertiary/aromatic N) is 2. The Hall–Kier alpha value is -1.82. The first kappa shape index (κ1) is 12.6. The van der Waals surface area contributed by atoms with Gasteiger partial charge in [0, 0.05) is 18.5 Å². The van der Waals surface area contributed by atoms with Crippen LogP contribution >= 0.6 is 0 Å². The second-order valence-electron chi connectivity index (χ2n) is 4.27. The van der Waals surface area contributed by atoms with Crippen molar-refractivity contribution < 1.29 is 8.83 Å². The Kier molecular flexibility index (Phi) is 3.66. The highest BCUT2D eigenvalue weighted by molar-refractivity contribution is 5.31. The summed E-state index contributed by atoms with van der Waals surface area (Å²) < 4.78 is 10.9. The fourth-order valence-corrected chi connectivity index (χ4v) is 1.88. The van der Waals surface area contributed by atoms with Gasteiger partial charge in [0.25, 0.3) is 0 Å². The van der Waals surface area contributed by atoms with Crippen LogP contribution in [0.25, 0.3) is 0 Å². The number of aromatic nitrogens is 2. The molecule has 0 saturated carbocycles. The van der Waals surface area contributed by atoms with Crippen LogP contribution in [0.1, 0.15) is 35.9 Å². The van der Waals surface area contributed by atoms with Gasteiger partial charge in [-0.2, -0.15) is 0 Å². The number of nitrogens with two attached hydrogens (primary N) is 1. The maximum Gasteiger partial charge on any atom is 0.315 e. The normalized spacial score (nSPS) is 12.7. The molecule has 0 saturated heterocycles. The molecule has 0 aliphatic rings. The Morgan fingerprint density at radius 3 is 2.72 bits per heavy atom. The number of nitrogens with one attached hydrogen (secondary N) is 1. The molecule has 2 aromatic rings. The third-order valence-corrected chi connectivity index (χ3v) is 2.71. The Morgan fingerprint density at radius 2 is 2.11 bits per heavy atom. The molecule has 6 nitrogen and oxygen atoms in total. The van der Waals surface area contributed by atoms with Gasteiger partial charge in [0.1, 0.15) is 11.5 Å². The second kappa shape index (κ2) is 5.22. The summed E-state index contributed by atoms with van der Waals surface area (Å²) >= 11 is 0. The molecule has 3 N–H and O–H groups in total. The molecule has 0 amide bonds. The summed E-state index contributed by atoms with van der Waals surface area (Å²) in [7, 11) is 0. The highest BCUT2D eigenvalue weighted by atomic mass is 16.4. The summed E-state index contributed by atoms with van der Waals surface area (Å²) in [6, 6.07) is 2.46. The average Bonchev–Trinajstić information content (AvgIpc) is 2.86. The third-order valence-electron chi connectivity index (χ3n) is 2.71. The van der Waals surface area contributed by atoms with Crippen molar-refractivity contribution in [1.29, 1.82) is 0 Å². The summed E-state index contributed by atoms with van der Waals surface area (Å²) in [6.07, 6.45) is 0.590. The molecule has 1 unspecified atom stereocenters. The van der Waals surface area contributed by atoms with Crippen molar-refractivity contribution in [1.82, 2.24) is 10.2 Å². The summed E-state index contributed by atoms with van der Waals surface area (Å²) in [5.41, 5.74) is 6.51. The van der Waals surface area contributed by atoms with Crippen LogP contribution < -0.4 is 11.1 Å². The van der Waals surface area contributed by atoms with Crippen molar-refractivity contribution in [2.24, 2.45) is 5.73 Å². The molecule has 2 rings (SSSR count). The predicted octanol–water partition coefficient (Wildman–Crippen LogP) is 1.95. The van der Waals surface area contributed by atoms with E-state index in [1.807, 2.05) is 26.8 Å². The lowest BCUT2D eigenvalue weighted by atomic mass is 10.1. The number of anilines is 1. The maximum atomic E-state index is 5.49. The highest BCUT2D eigenvalue weighted by Gasteiger charge is 2.15. The molecule has 18 heavy (non-hydrogen) atoms. The lowest BCUT2D eigenvalue weighted by Gasteiger charge is -2.10. The monoisotopic (exact) mass is 250 g/mol. The van der Waals surface area contributed by atoms with Crippen molar-refractivity contribution in [3.63, 3.8) is 0 Å². The minimum atomic E-state index is 0.0497. The first-order valence-electron chi connectivity index (χ1n) is 5.96. The van der Waals surface area contributed by atoms with Crippen LogP contribution in [-0.4, -0.2) is 16.7 Å². The van der Waals surface area contributed by atoms with E-state index < -0.39 is 0 Å². The summed E-state index contributed by atoms with van der Waals surface area (Å²) in [5, 5.41) is 11.0. The minimum Gasteiger partial charge on any atom is -0.466 e. The van der Waals surface area contributed by atoms with E-state index in [0.717, 1.165) is 17.1 Å². The van der Waals surface area contributed by atoms with Crippen molar-refractivity contribution in [3.8, 4) is 0 Å². The van der Waals surface area contributed by atoms with Gasteiger partial charge in [-0.1, -0.05) is 5.10 Å². The van der Waals surface area contributed by atoms with Crippen LogP contribution in [0.15, 0.2) is 14.9 Å². The van der Waals surface area contributed by atoms with Gasteiger partial charge in [-0.3, -0.25) is 0 Å². The first-order chi connectivity index (χ1) is 8.60. The molecular formula is C12H18N4O2. The zero-order valence-electron chi connectivity index (χ0n) is 10.9. The van der Waals surface area contributed by atoms with Crippen molar-refractivity contribution in [3.05, 3.63) is 29.0 Å². The fraction of sp³-hybridized carbons (Fsp3) is 0.500. The van der Waals surface area contributed by atoms with Gasteiger partial charge < -0.3 is 19.9 Å². The van der Waals surface area contributed by atoms with E-state index in [0.29, 0.717) is 24.9 Å². The van der Waals surface area contributed by atoms with Crippen molar-refractivity contribution >= 4 is 6.01 Å². The molecule has 2 aromatic heterocycles. The van der Waals surface area contributed by atoms with Crippen LogP contribution in [0.3, 0.4) is 0 Å². The topological polar surface area (TPSA) is 90.1 Å². The maximum absolute atomic E-state index is 5.49. The Balaban J connectivity index is 2.06. The number of aryl methyl sites for hydroxylation is 2. The standard InChI is InChI=1S/C12H18N4O2/c1-7-6-10(9(3)17-7)8(2)14-12-16-15-11(18-12)4-5-13/h6,8H,4-5,13H2,1-3H3,(H,14,16). The van der Waals surface area contributed by atoms with Crippen LogP contribution in [0.5, 0.6) is 0 Å². The van der Waals surface area contributed by atoms with Gasteiger partial charge in [0.05, 0.1) is 6.04 Å². The van der Waals surface area contributed by atoms with Gasteiger partial charge in [0.2, 0.25) is 5.89 Å². The molecule has 1 atom stereocenters. The molecule has 2 heterocycles. The van der Waals surface area contributed by atoms with Crippen molar-refractivity contribution in [2.45, 2.75) is 33.2 Å². The Morgan fingerprint density at radius 1 is 1.33 bits per heavy atom. The van der Waals surface area contributed by atoms with Crippen LogP contribution in [0, 0.1) is 13.8 Å². The van der Waals surface area contributed by atoms with Crippen LogP contribution in [0.4, 0.5) is 6.01 Å². The van der Waals surface area contributed by atoms with E-state index in [4.69, 9.17) is 14.6 Å². The molecule has 98 valence electrons. The first-order valence-corrected chi connectivity index (χ1v) is 5.96. The van der Waals surface area contributed by atoms with Crippen LogP contribution in [0.2, 0.25) is 0 Å². The zero-order chi connectivity index (χ0) is 13.1. The van der Waals surface area contributed by atoms with E-state index >= 15 is 0 Å². The van der Waals surface area contributed by atoms with Crippen molar-refractivity contribution in [2.75, 3.05) is 11.9 Å². The van der Waals surface area contributed by atoms with E-state index in [1.165, 1.54) is 0 Å². The molecule has 0 aliphatic heterocycles. The zero-order valence-corrected chi connectivity index (χ0v) is 10.9. The smallest absolute Gasteiger partial charge is 0.315 e. The summed E-state index contributed by atoms with van der Waals surface area (Å²) in [4.78, 5) is 0. The molecule has 0 radical (unpaired) electrons. The molecule has 0 fully saturated rings.